The van der Waals surface area contributed by atoms with Crippen LogP contribution in [0.5, 0.6) is 0 Å². The number of rotatable bonds is 4. The van der Waals surface area contributed by atoms with Crippen molar-refractivity contribution in [2.45, 2.75) is 44.8 Å². The van der Waals surface area contributed by atoms with E-state index in [0.717, 1.165) is 18.4 Å². The average Bonchev–Trinajstić information content (AvgIpc) is 2.39. The van der Waals surface area contributed by atoms with E-state index in [1.165, 1.54) is 0 Å². The van der Waals surface area contributed by atoms with Gasteiger partial charge in [0.1, 0.15) is 0 Å². The molecule has 1 saturated carbocycles. The molecule has 0 unspecified atom stereocenters. The van der Waals surface area contributed by atoms with Gasteiger partial charge in [-0.05, 0) is 37.2 Å². The Morgan fingerprint density at radius 2 is 1.94 bits per heavy atom. The van der Waals surface area contributed by atoms with E-state index in [-0.39, 0.29) is 0 Å². The van der Waals surface area contributed by atoms with Gasteiger partial charge in [-0.2, -0.15) is 0 Å². The standard InChI is InChI=1S/C15H20O3/c1-12-7-9-15(10-8-12,14(16)17)18-11-13-5-3-2-4-6-13/h2-6,12H,7-11H2,1H3,(H,16,17). The molecule has 18 heavy (non-hydrogen) atoms. The molecule has 0 aromatic heterocycles. The molecule has 0 bridgehead atoms. The minimum atomic E-state index is -0.970. The predicted octanol–water partition coefficient (Wildman–Crippen LogP) is 3.24. The van der Waals surface area contributed by atoms with Gasteiger partial charge in [0.25, 0.3) is 0 Å². The van der Waals surface area contributed by atoms with Crippen LogP contribution < -0.4 is 0 Å². The highest BCUT2D eigenvalue weighted by molar-refractivity contribution is 5.77. The van der Waals surface area contributed by atoms with E-state index < -0.39 is 11.6 Å². The van der Waals surface area contributed by atoms with Crippen molar-refractivity contribution in [2.75, 3.05) is 0 Å². The molecule has 2 rings (SSSR count). The Labute approximate surface area is 108 Å². The zero-order chi connectivity index (χ0) is 13.0. The molecular weight excluding hydrogens is 228 g/mol. The van der Waals surface area contributed by atoms with Gasteiger partial charge in [0.2, 0.25) is 0 Å². The summed E-state index contributed by atoms with van der Waals surface area (Å²) < 4.78 is 5.77. The molecule has 0 atom stereocenters. The molecule has 0 heterocycles. The summed E-state index contributed by atoms with van der Waals surface area (Å²) >= 11 is 0. The van der Waals surface area contributed by atoms with Crippen LogP contribution >= 0.6 is 0 Å². The van der Waals surface area contributed by atoms with Gasteiger partial charge in [-0.3, -0.25) is 0 Å². The van der Waals surface area contributed by atoms with Crippen molar-refractivity contribution >= 4 is 5.97 Å². The van der Waals surface area contributed by atoms with E-state index >= 15 is 0 Å². The fraction of sp³-hybridized carbons (Fsp3) is 0.533. The summed E-state index contributed by atoms with van der Waals surface area (Å²) in [5, 5.41) is 9.43. The fourth-order valence-corrected chi connectivity index (χ4v) is 2.44. The summed E-state index contributed by atoms with van der Waals surface area (Å²) in [4.78, 5) is 11.5. The zero-order valence-corrected chi connectivity index (χ0v) is 10.8. The van der Waals surface area contributed by atoms with Gasteiger partial charge >= 0.3 is 5.97 Å². The maximum atomic E-state index is 11.5. The fourth-order valence-electron chi connectivity index (χ4n) is 2.44. The maximum Gasteiger partial charge on any atom is 0.335 e. The number of aliphatic carboxylic acids is 1. The molecule has 0 aliphatic heterocycles. The molecule has 1 aromatic carbocycles. The molecule has 1 N–H and O–H groups in total. The van der Waals surface area contributed by atoms with Crippen LogP contribution in [0.15, 0.2) is 30.3 Å². The van der Waals surface area contributed by atoms with Gasteiger partial charge in [-0.25, -0.2) is 4.79 Å². The van der Waals surface area contributed by atoms with Crippen LogP contribution in [0.2, 0.25) is 0 Å². The predicted molar refractivity (Wildman–Crippen MR) is 69.2 cm³/mol. The van der Waals surface area contributed by atoms with Gasteiger partial charge < -0.3 is 9.84 Å². The largest absolute Gasteiger partial charge is 0.479 e. The van der Waals surface area contributed by atoms with Gasteiger partial charge in [-0.15, -0.1) is 0 Å². The normalized spacial score (nSPS) is 27.9. The Bertz CT molecular complexity index is 391. The Morgan fingerprint density at radius 3 is 2.50 bits per heavy atom. The van der Waals surface area contributed by atoms with Crippen molar-refractivity contribution in [1.82, 2.24) is 0 Å². The molecule has 0 amide bonds. The van der Waals surface area contributed by atoms with Crippen LogP contribution in [0.4, 0.5) is 0 Å². The number of carboxylic acid groups (broad SMARTS) is 1. The van der Waals surface area contributed by atoms with Crippen LogP contribution in [0, 0.1) is 5.92 Å². The number of hydrogen-bond acceptors (Lipinski definition) is 2. The van der Waals surface area contributed by atoms with Crippen molar-refractivity contribution in [3.8, 4) is 0 Å². The third-order valence-corrected chi connectivity index (χ3v) is 3.83. The lowest BCUT2D eigenvalue weighted by Gasteiger charge is -2.35. The lowest BCUT2D eigenvalue weighted by Crippen LogP contribution is -2.44. The van der Waals surface area contributed by atoms with Crippen molar-refractivity contribution in [2.24, 2.45) is 5.92 Å². The molecule has 0 spiro atoms. The minimum Gasteiger partial charge on any atom is -0.479 e. The Kier molecular flexibility index (Phi) is 4.02. The van der Waals surface area contributed by atoms with E-state index in [1.807, 2.05) is 30.3 Å². The topological polar surface area (TPSA) is 46.5 Å². The van der Waals surface area contributed by atoms with Crippen LogP contribution in [0.3, 0.4) is 0 Å². The monoisotopic (exact) mass is 248 g/mol. The second-order valence-electron chi connectivity index (χ2n) is 5.26. The lowest BCUT2D eigenvalue weighted by molar-refractivity contribution is -0.174. The maximum absolute atomic E-state index is 11.5. The minimum absolute atomic E-state index is 0.377. The quantitative estimate of drug-likeness (QED) is 0.889. The Morgan fingerprint density at radius 1 is 1.33 bits per heavy atom. The summed E-state index contributed by atoms with van der Waals surface area (Å²) in [6, 6.07) is 9.74. The SMILES string of the molecule is CC1CCC(OCc2ccccc2)(C(=O)O)CC1. The van der Waals surface area contributed by atoms with Crippen LogP contribution in [-0.2, 0) is 16.1 Å². The molecule has 98 valence electrons. The van der Waals surface area contributed by atoms with Crippen molar-refractivity contribution in [1.29, 1.82) is 0 Å². The first-order valence-electron chi connectivity index (χ1n) is 6.54. The highest BCUT2D eigenvalue weighted by Gasteiger charge is 2.42. The third kappa shape index (κ3) is 2.91. The van der Waals surface area contributed by atoms with Gasteiger partial charge in [0.15, 0.2) is 5.60 Å². The van der Waals surface area contributed by atoms with E-state index in [2.05, 4.69) is 6.92 Å². The first-order chi connectivity index (χ1) is 8.62. The number of carbonyl (C=O) groups is 1. The highest BCUT2D eigenvalue weighted by atomic mass is 16.5. The third-order valence-electron chi connectivity index (χ3n) is 3.83. The highest BCUT2D eigenvalue weighted by Crippen LogP contribution is 2.35. The number of hydrogen-bond donors (Lipinski definition) is 1. The number of benzene rings is 1. The second-order valence-corrected chi connectivity index (χ2v) is 5.26. The van der Waals surface area contributed by atoms with Crippen LogP contribution in [-0.4, -0.2) is 16.7 Å². The van der Waals surface area contributed by atoms with Gasteiger partial charge in [0.05, 0.1) is 6.61 Å². The summed E-state index contributed by atoms with van der Waals surface area (Å²) in [6.45, 7) is 2.55. The molecule has 1 aliphatic rings. The van der Waals surface area contributed by atoms with E-state index in [0.29, 0.717) is 25.4 Å². The number of ether oxygens (including phenoxy) is 1. The van der Waals surface area contributed by atoms with Crippen LogP contribution in [0.1, 0.15) is 38.2 Å². The van der Waals surface area contributed by atoms with Crippen molar-refractivity contribution in [3.05, 3.63) is 35.9 Å². The van der Waals surface area contributed by atoms with E-state index in [9.17, 15) is 9.90 Å². The lowest BCUT2D eigenvalue weighted by atomic mass is 9.79. The van der Waals surface area contributed by atoms with Crippen molar-refractivity contribution < 1.29 is 14.6 Å². The molecule has 0 radical (unpaired) electrons. The first-order valence-corrected chi connectivity index (χ1v) is 6.54. The summed E-state index contributed by atoms with van der Waals surface area (Å²) in [7, 11) is 0. The number of carboxylic acids is 1. The molecule has 3 nitrogen and oxygen atoms in total. The smallest absolute Gasteiger partial charge is 0.335 e. The zero-order valence-electron chi connectivity index (χ0n) is 10.8. The Balaban J connectivity index is 2.01. The molecule has 1 aliphatic carbocycles. The second kappa shape index (κ2) is 5.53. The van der Waals surface area contributed by atoms with Crippen molar-refractivity contribution in [3.63, 3.8) is 0 Å². The molecule has 1 aromatic rings. The Hall–Kier alpha value is -1.35. The average molecular weight is 248 g/mol. The molecule has 0 saturated heterocycles. The van der Waals surface area contributed by atoms with E-state index in [1.54, 1.807) is 0 Å². The summed E-state index contributed by atoms with van der Waals surface area (Å²) in [6.07, 6.45) is 3.11. The molecule has 1 fully saturated rings. The van der Waals surface area contributed by atoms with Gasteiger partial charge in [0, 0.05) is 0 Å². The summed E-state index contributed by atoms with van der Waals surface area (Å²) in [5.74, 6) is -0.205. The first kappa shape index (κ1) is 13.1. The van der Waals surface area contributed by atoms with Crippen LogP contribution in [0.25, 0.3) is 0 Å². The van der Waals surface area contributed by atoms with E-state index in [4.69, 9.17) is 4.74 Å². The summed E-state index contributed by atoms with van der Waals surface area (Å²) in [5.41, 5.74) is 0.0549. The van der Waals surface area contributed by atoms with Gasteiger partial charge in [-0.1, -0.05) is 37.3 Å². The molecule has 3 heteroatoms. The molecular formula is C15H20O3.